The fourth-order valence-corrected chi connectivity index (χ4v) is 1.77. The third kappa shape index (κ3) is 2.08. The topological polar surface area (TPSA) is 52.0 Å². The first kappa shape index (κ1) is 9.26. The van der Waals surface area contributed by atoms with Gasteiger partial charge in [0.1, 0.15) is 0 Å². The van der Waals surface area contributed by atoms with Gasteiger partial charge in [-0.3, -0.25) is 0 Å². The minimum atomic E-state index is 0.677. The van der Waals surface area contributed by atoms with Crippen molar-refractivity contribution >= 4 is 23.1 Å². The number of hydrogen-bond acceptors (Lipinski definition) is 3. The van der Waals surface area contributed by atoms with Gasteiger partial charge in [0.2, 0.25) is 0 Å². The summed E-state index contributed by atoms with van der Waals surface area (Å²) in [5.41, 5.74) is 12.8. The van der Waals surface area contributed by atoms with Crippen LogP contribution in [0.3, 0.4) is 0 Å². The van der Waals surface area contributed by atoms with Crippen LogP contribution in [-0.2, 0) is 0 Å². The average molecular weight is 182 g/mol. The van der Waals surface area contributed by atoms with Crippen LogP contribution in [0, 0.1) is 0 Å². The lowest BCUT2D eigenvalue weighted by Gasteiger charge is -2.05. The maximum absolute atomic E-state index is 5.78. The lowest BCUT2D eigenvalue weighted by molar-refractivity contribution is 1.10. The Morgan fingerprint density at radius 2 is 2.08 bits per heavy atom. The van der Waals surface area contributed by atoms with Crippen molar-refractivity contribution in [2.45, 2.75) is 18.2 Å². The maximum Gasteiger partial charge on any atom is 0.0685 e. The summed E-state index contributed by atoms with van der Waals surface area (Å²) >= 11 is 1.76. The van der Waals surface area contributed by atoms with E-state index in [4.69, 9.17) is 11.5 Å². The fourth-order valence-electron chi connectivity index (χ4n) is 0.899. The number of anilines is 2. The summed E-state index contributed by atoms with van der Waals surface area (Å²) in [6.45, 7) is 2.15. The molecular formula is C9H14N2S. The highest BCUT2D eigenvalue weighted by Gasteiger charge is 2.00. The zero-order valence-electron chi connectivity index (χ0n) is 7.21. The molecule has 0 heterocycles. The third-order valence-electron chi connectivity index (χ3n) is 1.56. The molecule has 0 aliphatic carbocycles. The van der Waals surface area contributed by atoms with E-state index in [0.717, 1.165) is 22.8 Å². The van der Waals surface area contributed by atoms with Gasteiger partial charge in [0.05, 0.1) is 11.4 Å². The van der Waals surface area contributed by atoms with Crippen molar-refractivity contribution in [2.24, 2.45) is 0 Å². The van der Waals surface area contributed by atoms with E-state index in [2.05, 4.69) is 6.92 Å². The van der Waals surface area contributed by atoms with Gasteiger partial charge in [-0.2, -0.15) is 0 Å². The summed E-state index contributed by atoms with van der Waals surface area (Å²) in [6.07, 6.45) is 1.15. The van der Waals surface area contributed by atoms with Crippen molar-refractivity contribution in [3.63, 3.8) is 0 Å². The second-order valence-electron chi connectivity index (χ2n) is 2.61. The Labute approximate surface area is 77.3 Å². The summed E-state index contributed by atoms with van der Waals surface area (Å²) in [7, 11) is 0. The van der Waals surface area contributed by atoms with Crippen molar-refractivity contribution in [1.29, 1.82) is 0 Å². The molecule has 0 bridgehead atoms. The molecule has 0 aromatic heterocycles. The van der Waals surface area contributed by atoms with Crippen molar-refractivity contribution in [2.75, 3.05) is 17.2 Å². The molecule has 0 radical (unpaired) electrons. The number of benzene rings is 1. The summed E-state index contributed by atoms with van der Waals surface area (Å²) in [5, 5.41) is 0. The van der Waals surface area contributed by atoms with Crippen LogP contribution in [0.1, 0.15) is 13.3 Å². The molecule has 0 fully saturated rings. The first-order chi connectivity index (χ1) is 5.75. The molecule has 4 N–H and O–H groups in total. The minimum Gasteiger partial charge on any atom is -0.397 e. The van der Waals surface area contributed by atoms with Crippen LogP contribution >= 0.6 is 11.8 Å². The van der Waals surface area contributed by atoms with Gasteiger partial charge in [-0.05, 0) is 24.3 Å². The van der Waals surface area contributed by atoms with Crippen LogP contribution in [0.5, 0.6) is 0 Å². The van der Waals surface area contributed by atoms with E-state index in [1.54, 1.807) is 11.8 Å². The van der Waals surface area contributed by atoms with E-state index in [1.807, 2.05) is 18.2 Å². The predicted octanol–water partition coefficient (Wildman–Crippen LogP) is 2.35. The Bertz CT molecular complexity index is 261. The van der Waals surface area contributed by atoms with Crippen LogP contribution in [0.15, 0.2) is 23.1 Å². The Balaban J connectivity index is 2.78. The smallest absolute Gasteiger partial charge is 0.0685 e. The summed E-state index contributed by atoms with van der Waals surface area (Å²) < 4.78 is 0. The summed E-state index contributed by atoms with van der Waals surface area (Å²) in [6, 6.07) is 5.76. The molecular weight excluding hydrogens is 168 g/mol. The molecule has 0 saturated carbocycles. The van der Waals surface area contributed by atoms with Crippen LogP contribution in [0.25, 0.3) is 0 Å². The second-order valence-corrected chi connectivity index (χ2v) is 3.74. The lowest BCUT2D eigenvalue weighted by atomic mass is 10.3. The lowest BCUT2D eigenvalue weighted by Crippen LogP contribution is -1.96. The highest BCUT2D eigenvalue weighted by atomic mass is 32.2. The molecule has 0 aliphatic heterocycles. The molecule has 0 saturated heterocycles. The van der Waals surface area contributed by atoms with Crippen molar-refractivity contribution in [3.8, 4) is 0 Å². The van der Waals surface area contributed by atoms with Crippen molar-refractivity contribution < 1.29 is 0 Å². The van der Waals surface area contributed by atoms with E-state index in [1.165, 1.54) is 0 Å². The van der Waals surface area contributed by atoms with Gasteiger partial charge in [0, 0.05) is 4.90 Å². The number of nitrogens with two attached hydrogens (primary N) is 2. The quantitative estimate of drug-likeness (QED) is 0.557. The summed E-state index contributed by atoms with van der Waals surface area (Å²) in [4.78, 5) is 1.09. The van der Waals surface area contributed by atoms with Gasteiger partial charge in [-0.15, -0.1) is 11.8 Å². The molecule has 2 nitrogen and oxygen atoms in total. The number of para-hydroxylation sites is 1. The zero-order valence-corrected chi connectivity index (χ0v) is 8.03. The van der Waals surface area contributed by atoms with Crippen LogP contribution in [0.4, 0.5) is 11.4 Å². The number of hydrogen-bond donors (Lipinski definition) is 2. The normalized spacial score (nSPS) is 10.1. The Kier molecular flexibility index (Phi) is 3.29. The standard InChI is InChI=1S/C9H14N2S/c1-2-6-12-8-5-3-4-7(10)9(8)11/h3-5H,2,6,10-11H2,1H3. The maximum atomic E-state index is 5.78. The Morgan fingerprint density at radius 1 is 1.33 bits per heavy atom. The molecule has 1 rings (SSSR count). The molecule has 3 heteroatoms. The second kappa shape index (κ2) is 4.26. The van der Waals surface area contributed by atoms with Crippen LogP contribution in [-0.4, -0.2) is 5.75 Å². The summed E-state index contributed by atoms with van der Waals surface area (Å²) in [5.74, 6) is 1.09. The van der Waals surface area contributed by atoms with E-state index in [-0.39, 0.29) is 0 Å². The highest BCUT2D eigenvalue weighted by Crippen LogP contribution is 2.29. The molecule has 12 heavy (non-hydrogen) atoms. The predicted molar refractivity (Wildman–Crippen MR) is 56.3 cm³/mol. The fraction of sp³-hybridized carbons (Fsp3) is 0.333. The molecule has 0 unspecified atom stereocenters. The van der Waals surface area contributed by atoms with Gasteiger partial charge in [-0.1, -0.05) is 13.0 Å². The third-order valence-corrected chi connectivity index (χ3v) is 2.84. The molecule has 66 valence electrons. The highest BCUT2D eigenvalue weighted by molar-refractivity contribution is 7.99. The molecule has 0 atom stereocenters. The van der Waals surface area contributed by atoms with E-state index in [0.29, 0.717) is 5.69 Å². The van der Waals surface area contributed by atoms with Crippen LogP contribution in [0.2, 0.25) is 0 Å². The van der Waals surface area contributed by atoms with E-state index >= 15 is 0 Å². The Morgan fingerprint density at radius 3 is 2.75 bits per heavy atom. The first-order valence-electron chi connectivity index (χ1n) is 4.02. The van der Waals surface area contributed by atoms with Gasteiger partial charge >= 0.3 is 0 Å². The SMILES string of the molecule is CCCSc1cccc(N)c1N. The molecule has 0 amide bonds. The van der Waals surface area contributed by atoms with Gasteiger partial charge in [0.25, 0.3) is 0 Å². The molecule has 0 spiro atoms. The van der Waals surface area contributed by atoms with Crippen molar-refractivity contribution in [1.82, 2.24) is 0 Å². The first-order valence-corrected chi connectivity index (χ1v) is 5.01. The minimum absolute atomic E-state index is 0.677. The monoisotopic (exact) mass is 182 g/mol. The van der Waals surface area contributed by atoms with Gasteiger partial charge in [-0.25, -0.2) is 0 Å². The van der Waals surface area contributed by atoms with Gasteiger partial charge < -0.3 is 11.5 Å². The van der Waals surface area contributed by atoms with Crippen molar-refractivity contribution in [3.05, 3.63) is 18.2 Å². The zero-order chi connectivity index (χ0) is 8.97. The number of thioether (sulfide) groups is 1. The number of rotatable bonds is 3. The van der Waals surface area contributed by atoms with E-state index < -0.39 is 0 Å². The van der Waals surface area contributed by atoms with Gasteiger partial charge in [0.15, 0.2) is 0 Å². The largest absolute Gasteiger partial charge is 0.397 e. The molecule has 1 aromatic rings. The molecule has 1 aromatic carbocycles. The Hall–Kier alpha value is -0.830. The number of nitrogen functional groups attached to an aromatic ring is 2. The van der Waals surface area contributed by atoms with Crippen LogP contribution < -0.4 is 11.5 Å². The average Bonchev–Trinajstić information content (AvgIpc) is 2.08. The van der Waals surface area contributed by atoms with E-state index in [9.17, 15) is 0 Å². The molecule has 0 aliphatic rings.